The molecular weight excluding hydrogens is 228 g/mol. The van der Waals surface area contributed by atoms with Gasteiger partial charge < -0.3 is 15.8 Å². The molecular formula is C13H16N4O. The van der Waals surface area contributed by atoms with Crippen molar-refractivity contribution in [2.75, 3.05) is 24.7 Å². The SMILES string of the molecule is COc1ccc(N)c(NCCc2ccccn2)n1. The zero-order valence-corrected chi connectivity index (χ0v) is 10.3. The lowest BCUT2D eigenvalue weighted by atomic mass is 10.2. The average molecular weight is 244 g/mol. The van der Waals surface area contributed by atoms with Crippen molar-refractivity contribution in [2.45, 2.75) is 6.42 Å². The molecule has 0 unspecified atom stereocenters. The third-order valence-corrected chi connectivity index (χ3v) is 2.51. The van der Waals surface area contributed by atoms with Gasteiger partial charge in [-0.25, -0.2) is 0 Å². The highest BCUT2D eigenvalue weighted by Crippen LogP contribution is 2.19. The van der Waals surface area contributed by atoms with Crippen LogP contribution in [-0.2, 0) is 6.42 Å². The Morgan fingerprint density at radius 2 is 2.17 bits per heavy atom. The number of nitrogens with one attached hydrogen (secondary N) is 1. The molecule has 0 amide bonds. The van der Waals surface area contributed by atoms with Crippen LogP contribution in [0.2, 0.25) is 0 Å². The van der Waals surface area contributed by atoms with Crippen molar-refractivity contribution >= 4 is 11.5 Å². The monoisotopic (exact) mass is 244 g/mol. The number of methoxy groups -OCH3 is 1. The molecule has 0 fully saturated rings. The first-order valence-electron chi connectivity index (χ1n) is 5.74. The van der Waals surface area contributed by atoms with Crippen molar-refractivity contribution < 1.29 is 4.74 Å². The lowest BCUT2D eigenvalue weighted by Crippen LogP contribution is -2.09. The summed E-state index contributed by atoms with van der Waals surface area (Å²) in [4.78, 5) is 8.49. The summed E-state index contributed by atoms with van der Waals surface area (Å²) in [5.74, 6) is 1.19. The first-order chi connectivity index (χ1) is 8.79. The summed E-state index contributed by atoms with van der Waals surface area (Å²) in [5, 5.41) is 3.18. The minimum atomic E-state index is 0.546. The Morgan fingerprint density at radius 1 is 1.28 bits per heavy atom. The zero-order chi connectivity index (χ0) is 12.8. The van der Waals surface area contributed by atoms with Crippen molar-refractivity contribution in [2.24, 2.45) is 0 Å². The van der Waals surface area contributed by atoms with E-state index in [9.17, 15) is 0 Å². The number of nitrogen functional groups attached to an aromatic ring is 1. The second-order valence-corrected chi connectivity index (χ2v) is 3.79. The molecule has 0 spiro atoms. The van der Waals surface area contributed by atoms with Crippen LogP contribution in [0.25, 0.3) is 0 Å². The molecule has 0 saturated carbocycles. The Hall–Kier alpha value is -2.30. The predicted molar refractivity (Wildman–Crippen MR) is 71.6 cm³/mol. The van der Waals surface area contributed by atoms with Crippen molar-refractivity contribution in [3.63, 3.8) is 0 Å². The average Bonchev–Trinajstić information content (AvgIpc) is 2.42. The Labute approximate surface area is 106 Å². The van der Waals surface area contributed by atoms with Crippen molar-refractivity contribution in [3.8, 4) is 5.88 Å². The number of hydrogen-bond donors (Lipinski definition) is 2. The van der Waals surface area contributed by atoms with Gasteiger partial charge in [-0.15, -0.1) is 0 Å². The quantitative estimate of drug-likeness (QED) is 0.837. The second kappa shape index (κ2) is 5.86. The Kier molecular flexibility index (Phi) is 3.96. The molecule has 0 aliphatic carbocycles. The van der Waals surface area contributed by atoms with Crippen LogP contribution in [0, 0.1) is 0 Å². The Morgan fingerprint density at radius 3 is 2.89 bits per heavy atom. The molecule has 0 bridgehead atoms. The minimum Gasteiger partial charge on any atom is -0.481 e. The van der Waals surface area contributed by atoms with E-state index >= 15 is 0 Å². The summed E-state index contributed by atoms with van der Waals surface area (Å²) in [6.07, 6.45) is 2.60. The van der Waals surface area contributed by atoms with Crippen LogP contribution in [0.4, 0.5) is 11.5 Å². The highest BCUT2D eigenvalue weighted by molar-refractivity contribution is 5.61. The van der Waals surface area contributed by atoms with Gasteiger partial charge in [0, 0.05) is 30.9 Å². The number of ether oxygens (including phenoxy) is 1. The van der Waals surface area contributed by atoms with E-state index in [2.05, 4.69) is 15.3 Å². The number of rotatable bonds is 5. The van der Waals surface area contributed by atoms with Crippen LogP contribution in [0.5, 0.6) is 5.88 Å². The summed E-state index contributed by atoms with van der Waals surface area (Å²) >= 11 is 0. The summed E-state index contributed by atoms with van der Waals surface area (Å²) in [6.45, 7) is 0.724. The van der Waals surface area contributed by atoms with E-state index in [1.54, 1.807) is 25.4 Å². The highest BCUT2D eigenvalue weighted by Gasteiger charge is 2.02. The maximum atomic E-state index is 5.83. The van der Waals surface area contributed by atoms with Gasteiger partial charge in [-0.3, -0.25) is 4.98 Å². The summed E-state index contributed by atoms with van der Waals surface area (Å²) in [6, 6.07) is 9.37. The van der Waals surface area contributed by atoms with Crippen LogP contribution in [0.1, 0.15) is 5.69 Å². The molecule has 0 aliphatic rings. The van der Waals surface area contributed by atoms with E-state index in [-0.39, 0.29) is 0 Å². The molecule has 0 saturated heterocycles. The van der Waals surface area contributed by atoms with Crippen LogP contribution in [-0.4, -0.2) is 23.6 Å². The zero-order valence-electron chi connectivity index (χ0n) is 10.3. The van der Waals surface area contributed by atoms with Crippen molar-refractivity contribution in [1.82, 2.24) is 9.97 Å². The van der Waals surface area contributed by atoms with Gasteiger partial charge >= 0.3 is 0 Å². The molecule has 2 rings (SSSR count). The Bertz CT molecular complexity index is 502. The van der Waals surface area contributed by atoms with Gasteiger partial charge in [0.05, 0.1) is 12.8 Å². The standard InChI is InChI=1S/C13H16N4O/c1-18-12-6-5-11(14)13(17-12)16-9-7-10-4-2-3-8-15-10/h2-6,8H,7,9,14H2,1H3,(H,16,17). The van der Waals surface area contributed by atoms with Gasteiger partial charge in [0.1, 0.15) is 0 Å². The molecule has 0 aromatic carbocycles. The molecule has 94 valence electrons. The number of nitrogens with two attached hydrogens (primary N) is 1. The fraction of sp³-hybridized carbons (Fsp3) is 0.231. The number of aromatic nitrogens is 2. The molecule has 3 N–H and O–H groups in total. The molecule has 5 heteroatoms. The molecule has 2 aromatic heterocycles. The topological polar surface area (TPSA) is 73.1 Å². The van der Waals surface area contributed by atoms with Gasteiger partial charge in [-0.05, 0) is 18.2 Å². The van der Waals surface area contributed by atoms with E-state index < -0.39 is 0 Å². The lowest BCUT2D eigenvalue weighted by molar-refractivity contribution is 0.398. The molecule has 5 nitrogen and oxygen atoms in total. The summed E-state index contributed by atoms with van der Waals surface area (Å²) in [5.41, 5.74) is 7.47. The second-order valence-electron chi connectivity index (χ2n) is 3.79. The van der Waals surface area contributed by atoms with Crippen LogP contribution in [0.15, 0.2) is 36.5 Å². The first kappa shape index (κ1) is 12.2. The molecule has 0 aliphatic heterocycles. The van der Waals surface area contributed by atoms with Crippen molar-refractivity contribution in [3.05, 3.63) is 42.2 Å². The maximum absolute atomic E-state index is 5.83. The normalized spacial score (nSPS) is 10.1. The molecule has 0 radical (unpaired) electrons. The molecule has 18 heavy (non-hydrogen) atoms. The maximum Gasteiger partial charge on any atom is 0.215 e. The van der Waals surface area contributed by atoms with Gasteiger partial charge in [0.25, 0.3) is 0 Å². The van der Waals surface area contributed by atoms with E-state index in [1.165, 1.54) is 0 Å². The van der Waals surface area contributed by atoms with Crippen LogP contribution in [0.3, 0.4) is 0 Å². The Balaban J connectivity index is 1.94. The van der Waals surface area contributed by atoms with Crippen molar-refractivity contribution in [1.29, 1.82) is 0 Å². The minimum absolute atomic E-state index is 0.546. The smallest absolute Gasteiger partial charge is 0.215 e. The van der Waals surface area contributed by atoms with Gasteiger partial charge in [0.2, 0.25) is 5.88 Å². The number of anilines is 2. The third kappa shape index (κ3) is 3.10. The summed E-state index contributed by atoms with van der Waals surface area (Å²) < 4.78 is 5.06. The van der Waals surface area contributed by atoms with Gasteiger partial charge in [-0.2, -0.15) is 4.98 Å². The van der Waals surface area contributed by atoms with Gasteiger partial charge in [0.15, 0.2) is 5.82 Å². The van der Waals surface area contributed by atoms with E-state index in [0.717, 1.165) is 18.7 Å². The predicted octanol–water partition coefficient (Wildman–Crippen LogP) is 1.72. The number of pyridine rings is 2. The fourth-order valence-electron chi connectivity index (χ4n) is 1.56. The summed E-state index contributed by atoms with van der Waals surface area (Å²) in [7, 11) is 1.58. The molecule has 0 atom stereocenters. The van der Waals surface area contributed by atoms with E-state index in [4.69, 9.17) is 10.5 Å². The fourth-order valence-corrected chi connectivity index (χ4v) is 1.56. The third-order valence-electron chi connectivity index (χ3n) is 2.51. The van der Waals surface area contributed by atoms with Crippen LogP contribution < -0.4 is 15.8 Å². The van der Waals surface area contributed by atoms with E-state index in [1.807, 2.05) is 18.2 Å². The highest BCUT2D eigenvalue weighted by atomic mass is 16.5. The van der Waals surface area contributed by atoms with Crippen LogP contribution >= 0.6 is 0 Å². The first-order valence-corrected chi connectivity index (χ1v) is 5.74. The number of hydrogen-bond acceptors (Lipinski definition) is 5. The van der Waals surface area contributed by atoms with E-state index in [0.29, 0.717) is 17.4 Å². The molecule has 2 heterocycles. The van der Waals surface area contributed by atoms with Gasteiger partial charge in [-0.1, -0.05) is 6.07 Å². The number of nitrogens with zero attached hydrogens (tertiary/aromatic N) is 2. The largest absolute Gasteiger partial charge is 0.481 e. The lowest BCUT2D eigenvalue weighted by Gasteiger charge is -2.09. The molecule has 2 aromatic rings.